The van der Waals surface area contributed by atoms with Crippen molar-refractivity contribution >= 4 is 6.29 Å². The van der Waals surface area contributed by atoms with Crippen LogP contribution in [0.15, 0.2) is 24.3 Å². The Morgan fingerprint density at radius 3 is 2.64 bits per heavy atom. The third-order valence-corrected chi connectivity index (χ3v) is 2.60. The Balaban J connectivity index is 2.66. The van der Waals surface area contributed by atoms with Crippen LogP contribution in [0, 0.1) is 12.8 Å². The minimum Gasteiger partial charge on any atom is -0.303 e. The first-order chi connectivity index (χ1) is 6.77. The molecule has 0 N–H and O–H groups in total. The number of aldehydes is 1. The van der Waals surface area contributed by atoms with Gasteiger partial charge < -0.3 is 4.79 Å². The van der Waals surface area contributed by atoms with Gasteiger partial charge >= 0.3 is 0 Å². The minimum absolute atomic E-state index is 0.195. The lowest BCUT2D eigenvalue weighted by atomic mass is 9.94. The van der Waals surface area contributed by atoms with E-state index in [1.807, 2.05) is 12.1 Å². The second-order valence-electron chi connectivity index (χ2n) is 3.82. The third kappa shape index (κ3) is 2.99. The molecule has 1 aromatic rings. The average Bonchev–Trinajstić information content (AvgIpc) is 2.20. The van der Waals surface area contributed by atoms with Crippen LogP contribution in [0.5, 0.6) is 0 Å². The highest BCUT2D eigenvalue weighted by Gasteiger charge is 2.08. The molecule has 1 atom stereocenters. The number of benzene rings is 1. The van der Waals surface area contributed by atoms with Gasteiger partial charge in [0.05, 0.1) is 0 Å². The van der Waals surface area contributed by atoms with E-state index in [1.54, 1.807) is 0 Å². The Kier molecular flexibility index (Phi) is 4.37. The van der Waals surface area contributed by atoms with Crippen molar-refractivity contribution in [3.8, 4) is 0 Å². The molecule has 0 saturated heterocycles. The van der Waals surface area contributed by atoms with E-state index in [4.69, 9.17) is 0 Å². The standard InChI is InChI=1S/C13H18O/c1-3-6-12(10-14)9-13-8-5-4-7-11(13)2/h4-5,7-8,10,12H,3,6,9H2,1-2H3. The molecule has 0 saturated carbocycles. The van der Waals surface area contributed by atoms with Crippen molar-refractivity contribution in [2.24, 2.45) is 5.92 Å². The summed E-state index contributed by atoms with van der Waals surface area (Å²) in [7, 11) is 0. The molecular weight excluding hydrogens is 172 g/mol. The number of carbonyl (C=O) groups excluding carboxylic acids is 1. The molecule has 0 aliphatic rings. The Labute approximate surface area is 86.1 Å². The molecule has 1 heteroatoms. The molecule has 1 nitrogen and oxygen atoms in total. The van der Waals surface area contributed by atoms with Crippen molar-refractivity contribution in [1.82, 2.24) is 0 Å². The molecule has 0 amide bonds. The molecule has 0 aliphatic carbocycles. The van der Waals surface area contributed by atoms with Crippen LogP contribution in [-0.4, -0.2) is 6.29 Å². The van der Waals surface area contributed by atoms with Gasteiger partial charge in [-0.25, -0.2) is 0 Å². The first kappa shape index (κ1) is 11.0. The van der Waals surface area contributed by atoms with E-state index in [0.717, 1.165) is 25.5 Å². The van der Waals surface area contributed by atoms with Gasteiger partial charge in [-0.2, -0.15) is 0 Å². The zero-order valence-electron chi connectivity index (χ0n) is 8.99. The van der Waals surface area contributed by atoms with E-state index in [-0.39, 0.29) is 5.92 Å². The number of hydrogen-bond donors (Lipinski definition) is 0. The number of hydrogen-bond acceptors (Lipinski definition) is 1. The lowest BCUT2D eigenvalue weighted by Gasteiger charge is -2.10. The first-order valence-corrected chi connectivity index (χ1v) is 5.27. The zero-order chi connectivity index (χ0) is 10.4. The molecule has 1 aromatic carbocycles. The Morgan fingerprint density at radius 1 is 1.36 bits per heavy atom. The predicted octanol–water partition coefficient (Wildman–Crippen LogP) is 3.15. The van der Waals surface area contributed by atoms with Crippen molar-refractivity contribution in [3.63, 3.8) is 0 Å². The fraction of sp³-hybridized carbons (Fsp3) is 0.462. The van der Waals surface area contributed by atoms with Crippen molar-refractivity contribution in [2.75, 3.05) is 0 Å². The van der Waals surface area contributed by atoms with Crippen LogP contribution >= 0.6 is 0 Å². The van der Waals surface area contributed by atoms with Crippen LogP contribution in [0.25, 0.3) is 0 Å². The fourth-order valence-corrected chi connectivity index (χ4v) is 1.71. The van der Waals surface area contributed by atoms with Gasteiger partial charge in [-0.05, 0) is 30.9 Å². The summed E-state index contributed by atoms with van der Waals surface area (Å²) in [6.45, 7) is 4.22. The lowest BCUT2D eigenvalue weighted by molar-refractivity contribution is -0.111. The Bertz CT molecular complexity index is 291. The predicted molar refractivity (Wildman–Crippen MR) is 59.3 cm³/mol. The quantitative estimate of drug-likeness (QED) is 0.652. The smallest absolute Gasteiger partial charge is 0.123 e. The van der Waals surface area contributed by atoms with Crippen LogP contribution in [0.3, 0.4) is 0 Å². The summed E-state index contributed by atoms with van der Waals surface area (Å²) in [4.78, 5) is 10.8. The van der Waals surface area contributed by atoms with Gasteiger partial charge in [0.25, 0.3) is 0 Å². The highest BCUT2D eigenvalue weighted by atomic mass is 16.1. The fourth-order valence-electron chi connectivity index (χ4n) is 1.71. The van der Waals surface area contributed by atoms with Gasteiger partial charge in [0, 0.05) is 5.92 Å². The number of rotatable bonds is 5. The first-order valence-electron chi connectivity index (χ1n) is 5.27. The van der Waals surface area contributed by atoms with Gasteiger partial charge in [0.1, 0.15) is 6.29 Å². The minimum atomic E-state index is 0.195. The molecule has 0 aliphatic heterocycles. The molecule has 0 heterocycles. The molecule has 0 spiro atoms. The summed E-state index contributed by atoms with van der Waals surface area (Å²) < 4.78 is 0. The Hall–Kier alpha value is -1.11. The monoisotopic (exact) mass is 190 g/mol. The summed E-state index contributed by atoms with van der Waals surface area (Å²) in [6, 6.07) is 8.29. The normalized spacial score (nSPS) is 12.4. The lowest BCUT2D eigenvalue weighted by Crippen LogP contribution is -2.06. The van der Waals surface area contributed by atoms with Crippen molar-refractivity contribution < 1.29 is 4.79 Å². The summed E-state index contributed by atoms with van der Waals surface area (Å²) in [5.41, 5.74) is 2.59. The molecule has 0 fully saturated rings. The van der Waals surface area contributed by atoms with Crippen LogP contribution < -0.4 is 0 Å². The van der Waals surface area contributed by atoms with Crippen LogP contribution in [0.4, 0.5) is 0 Å². The summed E-state index contributed by atoms with van der Waals surface area (Å²) >= 11 is 0. The highest BCUT2D eigenvalue weighted by molar-refractivity contribution is 5.54. The maximum absolute atomic E-state index is 10.8. The van der Waals surface area contributed by atoms with E-state index in [1.165, 1.54) is 11.1 Å². The SMILES string of the molecule is CCCC(C=O)Cc1ccccc1C. The van der Waals surface area contributed by atoms with E-state index >= 15 is 0 Å². The van der Waals surface area contributed by atoms with Gasteiger partial charge in [-0.15, -0.1) is 0 Å². The maximum atomic E-state index is 10.8. The van der Waals surface area contributed by atoms with Gasteiger partial charge in [0.15, 0.2) is 0 Å². The van der Waals surface area contributed by atoms with E-state index < -0.39 is 0 Å². The summed E-state index contributed by atoms with van der Waals surface area (Å²) in [5.74, 6) is 0.195. The van der Waals surface area contributed by atoms with Gasteiger partial charge in [-0.3, -0.25) is 0 Å². The second-order valence-corrected chi connectivity index (χ2v) is 3.82. The molecular formula is C13H18O. The van der Waals surface area contributed by atoms with Crippen LogP contribution in [0.2, 0.25) is 0 Å². The number of carbonyl (C=O) groups is 1. The molecule has 14 heavy (non-hydrogen) atoms. The molecule has 0 radical (unpaired) electrons. The van der Waals surface area contributed by atoms with E-state index in [0.29, 0.717) is 0 Å². The Morgan fingerprint density at radius 2 is 2.07 bits per heavy atom. The average molecular weight is 190 g/mol. The largest absolute Gasteiger partial charge is 0.303 e. The van der Waals surface area contributed by atoms with Crippen LogP contribution in [0.1, 0.15) is 30.9 Å². The van der Waals surface area contributed by atoms with Crippen molar-refractivity contribution in [1.29, 1.82) is 0 Å². The second kappa shape index (κ2) is 5.58. The maximum Gasteiger partial charge on any atom is 0.123 e. The molecule has 1 rings (SSSR count). The molecule has 1 unspecified atom stereocenters. The van der Waals surface area contributed by atoms with E-state index in [2.05, 4.69) is 26.0 Å². The van der Waals surface area contributed by atoms with E-state index in [9.17, 15) is 4.79 Å². The summed E-state index contributed by atoms with van der Waals surface area (Å²) in [5, 5.41) is 0. The van der Waals surface area contributed by atoms with Crippen molar-refractivity contribution in [2.45, 2.75) is 33.1 Å². The van der Waals surface area contributed by atoms with Gasteiger partial charge in [0.2, 0.25) is 0 Å². The highest BCUT2D eigenvalue weighted by Crippen LogP contribution is 2.15. The molecule has 0 aromatic heterocycles. The molecule has 0 bridgehead atoms. The van der Waals surface area contributed by atoms with Crippen LogP contribution in [-0.2, 0) is 11.2 Å². The topological polar surface area (TPSA) is 17.1 Å². The zero-order valence-corrected chi connectivity index (χ0v) is 8.99. The molecule has 76 valence electrons. The van der Waals surface area contributed by atoms with Crippen molar-refractivity contribution in [3.05, 3.63) is 35.4 Å². The number of aryl methyl sites for hydroxylation is 1. The summed E-state index contributed by atoms with van der Waals surface area (Å²) in [6.07, 6.45) is 4.06. The third-order valence-electron chi connectivity index (χ3n) is 2.60. The van der Waals surface area contributed by atoms with Gasteiger partial charge in [-0.1, -0.05) is 37.6 Å².